The Balaban J connectivity index is 1.89. The maximum atomic E-state index is 10.8. The highest BCUT2D eigenvalue weighted by Crippen LogP contribution is 2.25. The molecule has 3 rings (SSSR count). The van der Waals surface area contributed by atoms with Crippen LogP contribution in [0.2, 0.25) is 0 Å². The summed E-state index contributed by atoms with van der Waals surface area (Å²) < 4.78 is 5.14. The standard InChI is InChI=1S/C16H10ClN3O3/c17-14(10-11-5-4-8-13(9-11)20(21)22)16-18-15(19-23-16)12-6-2-1-3-7-12/h1-10H/b14-10-. The molecule has 23 heavy (non-hydrogen) atoms. The van der Waals surface area contributed by atoms with Gasteiger partial charge in [0.1, 0.15) is 5.03 Å². The van der Waals surface area contributed by atoms with Gasteiger partial charge in [0, 0.05) is 17.7 Å². The molecular weight excluding hydrogens is 318 g/mol. The highest BCUT2D eigenvalue weighted by molar-refractivity contribution is 6.50. The lowest BCUT2D eigenvalue weighted by Gasteiger charge is -1.95. The SMILES string of the molecule is O=[N+]([O-])c1cccc(/C=C(\Cl)c2nc(-c3ccccc3)no2)c1. The van der Waals surface area contributed by atoms with E-state index in [0.717, 1.165) is 5.56 Å². The minimum absolute atomic E-state index is 0.0151. The van der Waals surface area contributed by atoms with Gasteiger partial charge in [-0.25, -0.2) is 0 Å². The molecule has 0 radical (unpaired) electrons. The monoisotopic (exact) mass is 327 g/mol. The summed E-state index contributed by atoms with van der Waals surface area (Å²) in [5, 5.41) is 14.9. The van der Waals surface area contributed by atoms with E-state index < -0.39 is 4.92 Å². The number of benzene rings is 2. The average molecular weight is 328 g/mol. The van der Waals surface area contributed by atoms with Crippen molar-refractivity contribution in [1.82, 2.24) is 10.1 Å². The fourth-order valence-electron chi connectivity index (χ4n) is 1.96. The molecule has 0 aliphatic rings. The van der Waals surface area contributed by atoms with Gasteiger partial charge in [-0.1, -0.05) is 59.2 Å². The van der Waals surface area contributed by atoms with Crippen LogP contribution in [0.15, 0.2) is 59.1 Å². The maximum absolute atomic E-state index is 10.8. The molecule has 0 saturated carbocycles. The lowest BCUT2D eigenvalue weighted by molar-refractivity contribution is -0.384. The fraction of sp³-hybridized carbons (Fsp3) is 0. The lowest BCUT2D eigenvalue weighted by Crippen LogP contribution is -1.87. The summed E-state index contributed by atoms with van der Waals surface area (Å²) in [4.78, 5) is 14.5. The molecule has 0 N–H and O–H groups in total. The molecule has 0 atom stereocenters. The van der Waals surface area contributed by atoms with E-state index in [9.17, 15) is 10.1 Å². The number of hydrogen-bond donors (Lipinski definition) is 0. The van der Waals surface area contributed by atoms with Crippen molar-refractivity contribution in [2.75, 3.05) is 0 Å². The summed E-state index contributed by atoms with van der Waals surface area (Å²) >= 11 is 6.17. The number of hydrogen-bond acceptors (Lipinski definition) is 5. The van der Waals surface area contributed by atoms with Gasteiger partial charge in [-0.3, -0.25) is 10.1 Å². The normalized spacial score (nSPS) is 11.4. The van der Waals surface area contributed by atoms with Crippen LogP contribution in [-0.4, -0.2) is 15.1 Å². The van der Waals surface area contributed by atoms with Crippen LogP contribution in [0.5, 0.6) is 0 Å². The predicted molar refractivity (Wildman–Crippen MR) is 86.6 cm³/mol. The van der Waals surface area contributed by atoms with E-state index in [1.165, 1.54) is 18.2 Å². The van der Waals surface area contributed by atoms with Crippen LogP contribution in [0.25, 0.3) is 22.5 Å². The molecule has 6 nitrogen and oxygen atoms in total. The Hall–Kier alpha value is -2.99. The summed E-state index contributed by atoms with van der Waals surface area (Å²) in [5.41, 5.74) is 1.37. The highest BCUT2D eigenvalue weighted by atomic mass is 35.5. The van der Waals surface area contributed by atoms with E-state index >= 15 is 0 Å². The van der Waals surface area contributed by atoms with Gasteiger partial charge in [-0.05, 0) is 11.6 Å². The molecule has 3 aromatic rings. The van der Waals surface area contributed by atoms with Crippen molar-refractivity contribution in [3.63, 3.8) is 0 Å². The minimum Gasteiger partial charge on any atom is -0.333 e. The molecule has 2 aromatic carbocycles. The van der Waals surface area contributed by atoms with E-state index in [2.05, 4.69) is 10.1 Å². The third-order valence-electron chi connectivity index (χ3n) is 3.04. The molecule has 0 amide bonds. The van der Waals surface area contributed by atoms with Gasteiger partial charge in [0.2, 0.25) is 5.82 Å². The molecule has 0 unspecified atom stereocenters. The first-order chi connectivity index (χ1) is 11.1. The Morgan fingerprint density at radius 1 is 1.17 bits per heavy atom. The van der Waals surface area contributed by atoms with E-state index in [4.69, 9.17) is 16.1 Å². The van der Waals surface area contributed by atoms with Crippen molar-refractivity contribution in [2.45, 2.75) is 0 Å². The van der Waals surface area contributed by atoms with E-state index in [0.29, 0.717) is 11.4 Å². The van der Waals surface area contributed by atoms with Gasteiger partial charge in [0.05, 0.1) is 4.92 Å². The first-order valence-electron chi connectivity index (χ1n) is 6.64. The number of aromatic nitrogens is 2. The molecule has 0 fully saturated rings. The number of nitro groups is 1. The molecule has 1 heterocycles. The Labute approximate surface area is 136 Å². The Bertz CT molecular complexity index is 875. The number of rotatable bonds is 4. The van der Waals surface area contributed by atoms with Gasteiger partial charge < -0.3 is 4.52 Å². The van der Waals surface area contributed by atoms with Crippen LogP contribution < -0.4 is 0 Å². The van der Waals surface area contributed by atoms with Crippen molar-refractivity contribution >= 4 is 28.4 Å². The molecule has 0 bridgehead atoms. The van der Waals surface area contributed by atoms with Gasteiger partial charge in [-0.2, -0.15) is 4.98 Å². The molecule has 0 spiro atoms. The summed E-state index contributed by atoms with van der Waals surface area (Å²) in [6.07, 6.45) is 1.54. The molecule has 0 aliphatic carbocycles. The molecular formula is C16H10ClN3O3. The van der Waals surface area contributed by atoms with Crippen molar-refractivity contribution < 1.29 is 9.45 Å². The second-order valence-electron chi connectivity index (χ2n) is 4.63. The van der Waals surface area contributed by atoms with Crippen LogP contribution in [0.1, 0.15) is 11.5 Å². The Kier molecular flexibility index (Phi) is 4.16. The number of nitrogens with zero attached hydrogens (tertiary/aromatic N) is 3. The smallest absolute Gasteiger partial charge is 0.270 e. The van der Waals surface area contributed by atoms with Crippen molar-refractivity contribution in [3.05, 3.63) is 76.2 Å². The quantitative estimate of drug-likeness (QED) is 0.524. The molecule has 0 saturated heterocycles. The van der Waals surface area contributed by atoms with E-state index in [1.807, 2.05) is 30.3 Å². The van der Waals surface area contributed by atoms with Crippen LogP contribution in [0, 0.1) is 10.1 Å². The Morgan fingerprint density at radius 3 is 2.70 bits per heavy atom. The van der Waals surface area contributed by atoms with Crippen LogP contribution >= 0.6 is 11.6 Å². The van der Waals surface area contributed by atoms with Crippen LogP contribution in [0.3, 0.4) is 0 Å². The third kappa shape index (κ3) is 3.44. The average Bonchev–Trinajstić information content (AvgIpc) is 3.06. The van der Waals surface area contributed by atoms with Gasteiger partial charge in [0.25, 0.3) is 11.6 Å². The van der Waals surface area contributed by atoms with Gasteiger partial charge in [0.15, 0.2) is 0 Å². The number of nitro benzene ring substituents is 1. The second-order valence-corrected chi connectivity index (χ2v) is 5.04. The summed E-state index contributed by atoms with van der Waals surface area (Å²) in [5.74, 6) is 0.572. The zero-order valence-electron chi connectivity index (χ0n) is 11.7. The topological polar surface area (TPSA) is 82.1 Å². The maximum Gasteiger partial charge on any atom is 0.270 e. The fourth-order valence-corrected chi connectivity index (χ4v) is 2.16. The first kappa shape index (κ1) is 14.9. The zero-order valence-corrected chi connectivity index (χ0v) is 12.5. The van der Waals surface area contributed by atoms with Crippen LogP contribution in [0.4, 0.5) is 5.69 Å². The molecule has 7 heteroatoms. The largest absolute Gasteiger partial charge is 0.333 e. The van der Waals surface area contributed by atoms with Gasteiger partial charge in [-0.15, -0.1) is 0 Å². The first-order valence-corrected chi connectivity index (χ1v) is 7.02. The number of halogens is 1. The van der Waals surface area contributed by atoms with E-state index in [1.54, 1.807) is 12.1 Å². The van der Waals surface area contributed by atoms with Gasteiger partial charge >= 0.3 is 0 Å². The van der Waals surface area contributed by atoms with Crippen molar-refractivity contribution in [2.24, 2.45) is 0 Å². The second kappa shape index (κ2) is 6.41. The van der Waals surface area contributed by atoms with Crippen LogP contribution in [-0.2, 0) is 0 Å². The minimum atomic E-state index is -0.467. The Morgan fingerprint density at radius 2 is 1.96 bits per heavy atom. The molecule has 114 valence electrons. The van der Waals surface area contributed by atoms with E-state index in [-0.39, 0.29) is 16.6 Å². The summed E-state index contributed by atoms with van der Waals surface area (Å²) in [6, 6.07) is 15.4. The molecule has 0 aliphatic heterocycles. The summed E-state index contributed by atoms with van der Waals surface area (Å²) in [7, 11) is 0. The zero-order chi connectivity index (χ0) is 16.2. The highest BCUT2D eigenvalue weighted by Gasteiger charge is 2.12. The third-order valence-corrected chi connectivity index (χ3v) is 3.31. The van der Waals surface area contributed by atoms with Crippen molar-refractivity contribution in [3.8, 4) is 11.4 Å². The number of non-ortho nitro benzene ring substituents is 1. The predicted octanol–water partition coefficient (Wildman–Crippen LogP) is 4.38. The lowest BCUT2D eigenvalue weighted by atomic mass is 10.2. The molecule has 1 aromatic heterocycles. The van der Waals surface area contributed by atoms with Crippen molar-refractivity contribution in [1.29, 1.82) is 0 Å². The summed E-state index contributed by atoms with van der Waals surface area (Å²) in [6.45, 7) is 0.